The molecule has 1 aromatic rings. The number of aryl methyl sites for hydroxylation is 1. The van der Waals surface area contributed by atoms with E-state index in [0.29, 0.717) is 35.1 Å². The van der Waals surface area contributed by atoms with Gasteiger partial charge < -0.3 is 20.3 Å². The first-order valence-electron chi connectivity index (χ1n) is 17.8. The largest absolute Gasteiger partial charge is 0.467 e. The number of amidine groups is 2. The summed E-state index contributed by atoms with van der Waals surface area (Å²) in [6.45, 7) is 9.74. The number of likely N-dealkylation sites (tertiary alicyclic amines) is 1. The molecule has 16 heteroatoms. The quantitative estimate of drug-likeness (QED) is 0.173. The third-order valence-electron chi connectivity index (χ3n) is 10.7. The molecule has 51 heavy (non-hydrogen) atoms. The molecule has 1 amide bonds. The van der Waals surface area contributed by atoms with Crippen LogP contribution in [0.5, 0.6) is 0 Å². The number of piperidine rings is 1. The second kappa shape index (κ2) is 16.0. The van der Waals surface area contributed by atoms with E-state index in [9.17, 15) is 14.4 Å². The number of aliphatic imine (C=N–C) groups is 2. The number of nitrogens with zero attached hydrogens (tertiary/aromatic N) is 7. The van der Waals surface area contributed by atoms with Crippen LogP contribution < -0.4 is 5.73 Å². The number of rotatable bonds is 2. The molecule has 5 aliphatic heterocycles. The zero-order chi connectivity index (χ0) is 37.2. The normalized spacial score (nSPS) is 33.0. The molecule has 0 bridgehead atoms. The number of fused-ring (bicyclic) bond motifs is 3. The number of nitrogens with two attached hydrogens (primary N) is 1. The number of hydrogen-bond donors (Lipinski definition) is 1. The van der Waals surface area contributed by atoms with Crippen molar-refractivity contribution in [2.24, 2.45) is 15.9 Å². The average Bonchev–Trinajstić information content (AvgIpc) is 3.75. The zero-order valence-electron chi connectivity index (χ0n) is 29.8. The van der Waals surface area contributed by atoms with Crippen molar-refractivity contribution in [1.82, 2.24) is 19.6 Å². The van der Waals surface area contributed by atoms with Crippen LogP contribution in [0.15, 0.2) is 22.6 Å². The highest BCUT2D eigenvalue weighted by atomic mass is 35.5. The summed E-state index contributed by atoms with van der Waals surface area (Å²) in [5, 5.41) is 10.3. The average molecular weight is 757 g/mol. The van der Waals surface area contributed by atoms with E-state index in [1.165, 1.54) is 36.2 Å². The molecule has 7 rings (SSSR count). The van der Waals surface area contributed by atoms with Crippen molar-refractivity contribution in [1.29, 1.82) is 5.26 Å². The highest BCUT2D eigenvalue weighted by molar-refractivity contribution is 7.16. The third-order valence-corrected chi connectivity index (χ3v) is 12.2. The fourth-order valence-electron chi connectivity index (χ4n) is 8.58. The molecule has 4 saturated heterocycles. The van der Waals surface area contributed by atoms with Gasteiger partial charge in [0.05, 0.1) is 31.3 Å². The first-order chi connectivity index (χ1) is 24.3. The number of nitrogen functional groups attached to an aromatic ring is 1. The molecule has 2 N–H and O–H groups in total. The molecule has 0 saturated carbocycles. The van der Waals surface area contributed by atoms with E-state index >= 15 is 13.2 Å². The smallest absolute Gasteiger partial charge is 0.313 e. The summed E-state index contributed by atoms with van der Waals surface area (Å²) in [6.07, 6.45) is 4.32. The van der Waals surface area contributed by atoms with Gasteiger partial charge >= 0.3 is 6.02 Å². The molecule has 1 aromatic heterocycles. The molecular weight excluding hydrogens is 708 g/mol. The van der Waals surface area contributed by atoms with Crippen LogP contribution in [-0.2, 0) is 21.5 Å². The van der Waals surface area contributed by atoms with Crippen molar-refractivity contribution >= 4 is 45.7 Å². The van der Waals surface area contributed by atoms with Crippen molar-refractivity contribution in [2.45, 2.75) is 107 Å². The number of alkyl halides is 5. The molecule has 6 aliphatic rings. The Morgan fingerprint density at radius 3 is 2.61 bits per heavy atom. The van der Waals surface area contributed by atoms with E-state index in [-0.39, 0.29) is 31.4 Å². The van der Waals surface area contributed by atoms with E-state index in [1.54, 1.807) is 4.90 Å². The van der Waals surface area contributed by atoms with Crippen LogP contribution in [0.2, 0.25) is 0 Å². The summed E-state index contributed by atoms with van der Waals surface area (Å²) in [6, 6.07) is 1.65. The van der Waals surface area contributed by atoms with E-state index < -0.39 is 60.4 Å². The Morgan fingerprint density at radius 1 is 1.20 bits per heavy atom. The van der Waals surface area contributed by atoms with Crippen LogP contribution in [0.25, 0.3) is 0 Å². The number of carbonyl (C=O) groups excluding carboxylic acids is 1. The summed E-state index contributed by atoms with van der Waals surface area (Å²) < 4.78 is 64.7. The fraction of sp³-hybridized carbons (Fsp3) is 0.714. The number of anilines is 1. The molecule has 7 unspecified atom stereocenters. The van der Waals surface area contributed by atoms with E-state index in [4.69, 9.17) is 22.1 Å². The zero-order valence-corrected chi connectivity index (χ0v) is 31.3. The van der Waals surface area contributed by atoms with Crippen LogP contribution in [0, 0.1) is 17.2 Å². The van der Waals surface area contributed by atoms with Crippen LogP contribution in [0.3, 0.4) is 0 Å². The van der Waals surface area contributed by atoms with Crippen LogP contribution >= 0.6 is 22.9 Å². The Labute approximate surface area is 306 Å². The van der Waals surface area contributed by atoms with Crippen molar-refractivity contribution in [3.05, 3.63) is 28.7 Å². The van der Waals surface area contributed by atoms with Gasteiger partial charge in [0.1, 0.15) is 29.1 Å². The Bertz CT molecular complexity index is 1540. The van der Waals surface area contributed by atoms with Crippen molar-refractivity contribution in [3.63, 3.8) is 0 Å². The molecule has 10 nitrogen and oxygen atoms in total. The minimum absolute atomic E-state index is 0.0170. The van der Waals surface area contributed by atoms with Crippen molar-refractivity contribution < 1.29 is 27.1 Å². The van der Waals surface area contributed by atoms with Crippen molar-refractivity contribution in [3.8, 4) is 6.07 Å². The standard InChI is InChI=1S/C26H31ClF3N7O2S.C7H12FN.C2H6/c1-4-18(38)35-8-9-36(13-26(29,30)12-35)23-14-10-17(27)37(21(28)20(14)33-24(34-23)39-3)25(2)7-5-6-16-19(25)15(11-31)22(32)40-16;8-6-4-7-2-1-3-9(7)5-6;1-2/h4,14,17,20-21H,1,5-10,12-13,32H2,2-3H3;6-7H,1-5H2;1-2H3. The van der Waals surface area contributed by atoms with Gasteiger partial charge in [-0.3, -0.25) is 9.69 Å². The number of nitriles is 1. The minimum atomic E-state index is -3.25. The fourth-order valence-corrected chi connectivity index (χ4v) is 10.3. The maximum atomic E-state index is 16.8. The van der Waals surface area contributed by atoms with Gasteiger partial charge in [0.2, 0.25) is 5.91 Å². The van der Waals surface area contributed by atoms with Gasteiger partial charge in [-0.25, -0.2) is 27.5 Å². The highest BCUT2D eigenvalue weighted by Crippen LogP contribution is 2.52. The molecule has 7 atom stereocenters. The van der Waals surface area contributed by atoms with Gasteiger partial charge in [0.25, 0.3) is 5.92 Å². The molecule has 4 fully saturated rings. The van der Waals surface area contributed by atoms with Gasteiger partial charge in [-0.15, -0.1) is 22.9 Å². The summed E-state index contributed by atoms with van der Waals surface area (Å²) in [5.41, 5.74) is 5.44. The van der Waals surface area contributed by atoms with Crippen LogP contribution in [-0.4, -0.2) is 120 Å². The first kappa shape index (κ1) is 39.3. The number of hydrogen-bond acceptors (Lipinski definition) is 10. The number of ether oxygens (including phenoxy) is 1. The molecule has 282 valence electrons. The van der Waals surface area contributed by atoms with E-state index in [0.717, 1.165) is 41.7 Å². The summed E-state index contributed by atoms with van der Waals surface area (Å²) in [5.74, 6) is -4.33. The number of thiophene rings is 1. The monoisotopic (exact) mass is 756 g/mol. The predicted octanol–water partition coefficient (Wildman–Crippen LogP) is 5.90. The lowest BCUT2D eigenvalue weighted by molar-refractivity contribution is -0.130. The van der Waals surface area contributed by atoms with Gasteiger partial charge in [0, 0.05) is 47.6 Å². The lowest BCUT2D eigenvalue weighted by Crippen LogP contribution is -2.64. The molecule has 6 heterocycles. The molecular formula is C35H49ClF4N8O2S. The number of halogens is 5. The third kappa shape index (κ3) is 7.75. The van der Waals surface area contributed by atoms with Crippen LogP contribution in [0.1, 0.15) is 75.3 Å². The molecule has 0 spiro atoms. The lowest BCUT2D eigenvalue weighted by atomic mass is 9.75. The second-order valence-corrected chi connectivity index (χ2v) is 15.5. The Balaban J connectivity index is 0.000000390. The van der Waals surface area contributed by atoms with Gasteiger partial charge in [-0.2, -0.15) is 10.3 Å². The topological polar surface area (TPSA) is 114 Å². The number of amides is 1. The minimum Gasteiger partial charge on any atom is -0.467 e. The molecule has 1 aliphatic carbocycles. The maximum Gasteiger partial charge on any atom is 0.313 e. The number of methoxy groups -OCH3 is 1. The Kier molecular flexibility index (Phi) is 12.3. The molecule has 0 radical (unpaired) electrons. The first-order valence-corrected chi connectivity index (χ1v) is 19.1. The highest BCUT2D eigenvalue weighted by Gasteiger charge is 2.56. The summed E-state index contributed by atoms with van der Waals surface area (Å²) in [4.78, 5) is 28.2. The summed E-state index contributed by atoms with van der Waals surface area (Å²) >= 11 is 8.29. The Morgan fingerprint density at radius 2 is 1.94 bits per heavy atom. The number of carbonyl (C=O) groups is 1. The Hall–Kier alpha value is -2.93. The predicted molar refractivity (Wildman–Crippen MR) is 193 cm³/mol. The second-order valence-electron chi connectivity index (χ2n) is 13.9. The van der Waals surface area contributed by atoms with E-state index in [1.807, 2.05) is 20.8 Å². The van der Waals surface area contributed by atoms with Gasteiger partial charge in [-0.05, 0) is 64.5 Å². The van der Waals surface area contributed by atoms with Crippen molar-refractivity contribution in [2.75, 3.05) is 52.1 Å². The SMILES string of the molecule is C=CC(=O)N1CCN(C2=NC(OC)=NC3C2CC(Cl)N(C2(C)CCCc4sc(N)c(C#N)c42)C3F)CC(F)(F)C1.CC.FC1CC2CCCN2C1. The van der Waals surface area contributed by atoms with Gasteiger partial charge in [0.15, 0.2) is 6.30 Å². The van der Waals surface area contributed by atoms with Crippen LogP contribution in [0.4, 0.5) is 22.6 Å². The lowest BCUT2D eigenvalue weighted by Gasteiger charge is -2.53. The molecule has 0 aromatic carbocycles. The van der Waals surface area contributed by atoms with Gasteiger partial charge in [-0.1, -0.05) is 20.4 Å². The van der Waals surface area contributed by atoms with E-state index in [2.05, 4.69) is 27.5 Å². The summed E-state index contributed by atoms with van der Waals surface area (Å²) in [7, 11) is 1.34. The maximum absolute atomic E-state index is 16.8.